The number of esters is 1. The highest BCUT2D eigenvalue weighted by Gasteiger charge is 2.47. The first-order valence-electron chi connectivity index (χ1n) is 15.0. The molecule has 0 saturated carbocycles. The van der Waals surface area contributed by atoms with E-state index in [0.717, 1.165) is 11.6 Å². The molecule has 1 aromatic carbocycles. The molecule has 4 heterocycles. The minimum atomic E-state index is -1.15. The lowest BCUT2D eigenvalue weighted by molar-refractivity contribution is -0.158. The van der Waals surface area contributed by atoms with E-state index in [9.17, 15) is 24.9 Å². The van der Waals surface area contributed by atoms with Crippen LogP contribution < -0.4 is 21.6 Å². The highest BCUT2D eigenvalue weighted by atomic mass is 16.6. The van der Waals surface area contributed by atoms with Gasteiger partial charge in [0.05, 0.1) is 0 Å². The van der Waals surface area contributed by atoms with E-state index in [0.29, 0.717) is 35.4 Å². The predicted molar refractivity (Wildman–Crippen MR) is 171 cm³/mol. The number of phenols is 1. The largest absolute Gasteiger partial charge is 0.507 e. The second-order valence-corrected chi connectivity index (χ2v) is 11.7. The van der Waals surface area contributed by atoms with Crippen molar-refractivity contribution < 1.29 is 34.0 Å². The molecule has 0 spiro atoms. The number of carbonyl (C=O) groups is 1. The van der Waals surface area contributed by atoms with Crippen molar-refractivity contribution in [1.82, 2.24) is 9.97 Å². The zero-order valence-corrected chi connectivity index (χ0v) is 25.9. The number of nitrogens with zero attached hydrogens (tertiary/aromatic N) is 2. The number of hydrogen-bond acceptors (Lipinski definition) is 12. The number of allylic oxidation sites excluding steroid dienone is 1. The smallest absolute Gasteiger partial charge is 0.333 e. The lowest BCUT2D eigenvalue weighted by atomic mass is 9.80. The average molecular weight is 631 g/mol. The van der Waals surface area contributed by atoms with Gasteiger partial charge < -0.3 is 40.7 Å². The number of phenolic OH excluding ortho intramolecular Hbond substituents is 1. The van der Waals surface area contributed by atoms with Crippen LogP contribution in [0.5, 0.6) is 11.5 Å². The van der Waals surface area contributed by atoms with E-state index < -0.39 is 35.6 Å². The van der Waals surface area contributed by atoms with E-state index in [-0.39, 0.29) is 59.1 Å². The Bertz CT molecular complexity index is 1850. The number of aliphatic hydroxyl groups is 2. The van der Waals surface area contributed by atoms with Crippen LogP contribution in [-0.4, -0.2) is 49.6 Å². The molecular formula is C34H38N4O8. The molecule has 1 aliphatic heterocycles. The van der Waals surface area contributed by atoms with Crippen molar-refractivity contribution in [3.05, 3.63) is 92.6 Å². The summed E-state index contributed by atoms with van der Waals surface area (Å²) in [6.07, 6.45) is 4.98. The summed E-state index contributed by atoms with van der Waals surface area (Å²) in [5.74, 6) is -0.726. The minimum absolute atomic E-state index is 0.00641. The van der Waals surface area contributed by atoms with Crippen LogP contribution in [0.3, 0.4) is 0 Å². The zero-order valence-electron chi connectivity index (χ0n) is 25.9. The molecule has 0 fully saturated rings. The lowest BCUT2D eigenvalue weighted by Crippen LogP contribution is -2.52. The number of hydrogen-bond donors (Lipinski definition) is 5. The van der Waals surface area contributed by atoms with Gasteiger partial charge in [0, 0.05) is 54.1 Å². The molecule has 4 aromatic rings. The Balaban J connectivity index is 1.76. The Hall–Kier alpha value is -4.94. The maximum Gasteiger partial charge on any atom is 0.333 e. The summed E-state index contributed by atoms with van der Waals surface area (Å²) in [4.78, 5) is 34.8. The molecule has 12 heteroatoms. The molecule has 12 nitrogen and oxygen atoms in total. The normalized spacial score (nSPS) is 18.5. The molecule has 46 heavy (non-hydrogen) atoms. The maximum atomic E-state index is 13.4. The number of nitrogen functional groups attached to an aromatic ring is 2. The van der Waals surface area contributed by atoms with Crippen LogP contribution in [0.4, 0.5) is 11.6 Å². The first-order valence-corrected chi connectivity index (χ1v) is 15.0. The summed E-state index contributed by atoms with van der Waals surface area (Å²) in [6.45, 7) is 4.38. The number of fused-ring (bicyclic) bond motifs is 2. The molecule has 3 unspecified atom stereocenters. The predicted octanol–water partition coefficient (Wildman–Crippen LogP) is 3.66. The number of nitrogens with two attached hydrogens (primary N) is 2. The number of aromatic hydroxyl groups is 1. The number of aryl methyl sites for hydroxylation is 1. The van der Waals surface area contributed by atoms with Gasteiger partial charge in [-0.2, -0.15) is 0 Å². The topological polar surface area (TPSA) is 204 Å². The third kappa shape index (κ3) is 6.26. The van der Waals surface area contributed by atoms with Gasteiger partial charge in [0.1, 0.15) is 58.2 Å². The van der Waals surface area contributed by atoms with Crippen LogP contribution in [0, 0.1) is 0 Å². The third-order valence-electron chi connectivity index (χ3n) is 8.58. The Kier molecular flexibility index (Phi) is 9.31. The number of rotatable bonds is 10. The summed E-state index contributed by atoms with van der Waals surface area (Å²) < 4.78 is 18.9. The van der Waals surface area contributed by atoms with Crippen molar-refractivity contribution >= 4 is 28.6 Å². The number of aromatic nitrogens is 2. The van der Waals surface area contributed by atoms with Crippen LogP contribution in [0.1, 0.15) is 67.5 Å². The van der Waals surface area contributed by atoms with Gasteiger partial charge in [0.15, 0.2) is 5.43 Å². The molecule has 7 N–H and O–H groups in total. The van der Waals surface area contributed by atoms with Gasteiger partial charge in [0.2, 0.25) is 0 Å². The number of aliphatic hydroxyl groups excluding tert-OH is 2. The van der Waals surface area contributed by atoms with Gasteiger partial charge in [-0.15, -0.1) is 0 Å². The molecule has 0 aliphatic carbocycles. The molecule has 5 rings (SSSR count). The van der Waals surface area contributed by atoms with Crippen molar-refractivity contribution in [2.75, 3.05) is 18.1 Å². The van der Waals surface area contributed by atoms with Crippen LogP contribution in [0.25, 0.3) is 11.0 Å². The van der Waals surface area contributed by atoms with E-state index in [1.807, 2.05) is 13.0 Å². The number of benzene rings is 1. The Morgan fingerprint density at radius 2 is 1.98 bits per heavy atom. The van der Waals surface area contributed by atoms with Crippen LogP contribution in [0.2, 0.25) is 0 Å². The fraction of sp³-hybridized carbons (Fsp3) is 0.353. The summed E-state index contributed by atoms with van der Waals surface area (Å²) in [7, 11) is 0. The van der Waals surface area contributed by atoms with E-state index >= 15 is 0 Å². The average Bonchev–Trinajstić information content (AvgIpc) is 3.04. The summed E-state index contributed by atoms with van der Waals surface area (Å²) in [5, 5.41) is 31.7. The van der Waals surface area contributed by atoms with E-state index in [1.165, 1.54) is 6.20 Å². The fourth-order valence-corrected chi connectivity index (χ4v) is 5.86. The van der Waals surface area contributed by atoms with Gasteiger partial charge in [0.25, 0.3) is 0 Å². The number of anilines is 2. The van der Waals surface area contributed by atoms with Gasteiger partial charge in [-0.1, -0.05) is 12.1 Å². The molecule has 0 amide bonds. The van der Waals surface area contributed by atoms with Crippen molar-refractivity contribution in [1.29, 1.82) is 0 Å². The maximum absolute atomic E-state index is 13.4. The van der Waals surface area contributed by atoms with Crippen LogP contribution >= 0.6 is 0 Å². The van der Waals surface area contributed by atoms with Crippen molar-refractivity contribution in [3.8, 4) is 11.5 Å². The summed E-state index contributed by atoms with van der Waals surface area (Å²) in [5.41, 5.74) is 12.7. The van der Waals surface area contributed by atoms with Crippen molar-refractivity contribution in [2.24, 2.45) is 0 Å². The van der Waals surface area contributed by atoms with E-state index in [2.05, 4.69) is 9.97 Å². The van der Waals surface area contributed by atoms with Crippen LogP contribution in [-0.2, 0) is 29.0 Å². The molecular weight excluding hydrogens is 592 g/mol. The third-order valence-corrected chi connectivity index (χ3v) is 8.58. The molecule has 242 valence electrons. The van der Waals surface area contributed by atoms with Crippen molar-refractivity contribution in [3.63, 3.8) is 0 Å². The number of ether oxygens (including phenoxy) is 2. The van der Waals surface area contributed by atoms with E-state index in [4.69, 9.17) is 25.4 Å². The summed E-state index contributed by atoms with van der Waals surface area (Å²) >= 11 is 0. The second kappa shape index (κ2) is 13.2. The van der Waals surface area contributed by atoms with Crippen molar-refractivity contribution in [2.45, 2.75) is 70.7 Å². The Morgan fingerprint density at radius 3 is 2.63 bits per heavy atom. The fourth-order valence-electron chi connectivity index (χ4n) is 5.86. The van der Waals surface area contributed by atoms with Gasteiger partial charge in [-0.05, 0) is 69.4 Å². The molecule has 0 radical (unpaired) electrons. The number of carbonyl (C=O) groups excluding carboxylic acids is 1. The van der Waals surface area contributed by atoms with Crippen LogP contribution in [0.15, 0.2) is 63.6 Å². The highest BCUT2D eigenvalue weighted by Crippen LogP contribution is 2.51. The summed E-state index contributed by atoms with van der Waals surface area (Å²) in [6, 6.07) is 8.06. The standard InChI is InChI=1S/C34H38N4O8/c1-4-18(2)33(43)45-25-15-23-30(42)29-24(41)14-21(17-40)44-32(29)28(22(9-12-39)20-8-11-37-27(36)13-20)31(23)46-34(25,3)10-7-19-5-6-26(35)38-16-19/h4-6,8,11,13-14,16,22,25,39-40,42H,7,9-10,12,15,17H2,1-3H3,(H2,35,38)(H2,36,37). The van der Waals surface area contributed by atoms with Gasteiger partial charge in [-0.3, -0.25) is 4.79 Å². The molecule has 1 aliphatic rings. The second-order valence-electron chi connectivity index (χ2n) is 11.7. The molecule has 3 aromatic heterocycles. The quantitative estimate of drug-likeness (QED) is 0.126. The van der Waals surface area contributed by atoms with Gasteiger partial charge in [-0.25, -0.2) is 14.8 Å². The lowest BCUT2D eigenvalue weighted by Gasteiger charge is -2.43. The van der Waals surface area contributed by atoms with Gasteiger partial charge >= 0.3 is 5.97 Å². The minimum Gasteiger partial charge on any atom is -0.507 e. The SMILES string of the molecule is CC=C(C)C(=O)OC1Cc2c(c(C(CCO)c3ccnc(N)c3)c3oc(CO)cc(=O)c3c2O)OC1(C)CCc1ccc(N)nc1. The highest BCUT2D eigenvalue weighted by molar-refractivity contribution is 5.92. The van der Waals surface area contributed by atoms with E-state index in [1.54, 1.807) is 44.3 Å². The molecule has 0 bridgehead atoms. The first kappa shape index (κ1) is 32.5. The number of pyridine rings is 2. The Morgan fingerprint density at radius 1 is 1.20 bits per heavy atom. The zero-order chi connectivity index (χ0) is 33.2. The molecule has 0 saturated heterocycles. The molecule has 3 atom stereocenters. The first-order chi connectivity index (χ1) is 22.0. The Labute approximate surface area is 265 Å². The monoisotopic (exact) mass is 630 g/mol.